The predicted octanol–water partition coefficient (Wildman–Crippen LogP) is 0.603. The van der Waals surface area contributed by atoms with Gasteiger partial charge in [0.15, 0.2) is 0 Å². The molecule has 1 saturated heterocycles. The smallest absolute Gasteiger partial charge is 0.308 e. The summed E-state index contributed by atoms with van der Waals surface area (Å²) in [6.07, 6.45) is 3.67. The number of morpholine rings is 1. The molecule has 1 aliphatic carbocycles. The summed E-state index contributed by atoms with van der Waals surface area (Å²) in [4.78, 5) is 23.6. The lowest BCUT2D eigenvalue weighted by Crippen LogP contribution is -2.44. The second-order valence-electron chi connectivity index (χ2n) is 5.77. The number of rotatable bonds is 5. The van der Waals surface area contributed by atoms with Gasteiger partial charge in [0, 0.05) is 19.1 Å². The molecule has 0 radical (unpaired) electrons. The first-order chi connectivity index (χ1) is 10.2. The molecule has 1 saturated carbocycles. The van der Waals surface area contributed by atoms with Crippen molar-refractivity contribution in [3.63, 3.8) is 0 Å². The zero-order valence-electron chi connectivity index (χ0n) is 12.7. The van der Waals surface area contributed by atoms with Crippen molar-refractivity contribution in [1.29, 1.82) is 0 Å². The van der Waals surface area contributed by atoms with E-state index in [0.717, 1.165) is 38.8 Å². The van der Waals surface area contributed by atoms with E-state index in [1.807, 2.05) is 6.92 Å². The quantitative estimate of drug-likeness (QED) is 0.727. The van der Waals surface area contributed by atoms with Crippen LogP contribution in [0.15, 0.2) is 0 Å². The summed E-state index contributed by atoms with van der Waals surface area (Å²) >= 11 is 0. The molecule has 2 rings (SSSR count). The highest BCUT2D eigenvalue weighted by atomic mass is 16.5. The minimum Gasteiger partial charge on any atom is -0.466 e. The van der Waals surface area contributed by atoms with E-state index in [0.29, 0.717) is 19.6 Å². The average Bonchev–Trinajstić information content (AvgIpc) is 2.49. The van der Waals surface area contributed by atoms with Crippen LogP contribution >= 0.6 is 0 Å². The molecule has 1 atom stereocenters. The van der Waals surface area contributed by atoms with Gasteiger partial charge in [0.2, 0.25) is 5.91 Å². The van der Waals surface area contributed by atoms with Gasteiger partial charge in [-0.05, 0) is 32.6 Å². The van der Waals surface area contributed by atoms with Crippen molar-refractivity contribution < 1.29 is 19.1 Å². The lowest BCUT2D eigenvalue weighted by atomic mass is 9.86. The summed E-state index contributed by atoms with van der Waals surface area (Å²) in [5.41, 5.74) is 0. The third kappa shape index (κ3) is 5.28. The van der Waals surface area contributed by atoms with Crippen LogP contribution in [0.4, 0.5) is 0 Å². The van der Waals surface area contributed by atoms with Crippen LogP contribution in [-0.4, -0.2) is 50.3 Å². The van der Waals surface area contributed by atoms with Gasteiger partial charge in [-0.25, -0.2) is 0 Å². The Morgan fingerprint density at radius 3 is 2.67 bits per heavy atom. The molecule has 0 aromatic carbocycles. The number of carbonyl (C=O) groups excluding carboxylic acids is 2. The Kier molecular flexibility index (Phi) is 6.45. The van der Waals surface area contributed by atoms with Gasteiger partial charge in [0.05, 0.1) is 31.7 Å². The highest BCUT2D eigenvalue weighted by Gasteiger charge is 2.28. The maximum absolute atomic E-state index is 12.0. The first-order valence-electron chi connectivity index (χ1n) is 7.97. The highest BCUT2D eigenvalue weighted by molar-refractivity contribution is 5.77. The van der Waals surface area contributed by atoms with Crippen molar-refractivity contribution in [1.82, 2.24) is 10.6 Å². The maximum Gasteiger partial charge on any atom is 0.308 e. The predicted molar refractivity (Wildman–Crippen MR) is 77.7 cm³/mol. The van der Waals surface area contributed by atoms with Crippen LogP contribution in [0.2, 0.25) is 0 Å². The van der Waals surface area contributed by atoms with Gasteiger partial charge in [0.25, 0.3) is 0 Å². The second-order valence-corrected chi connectivity index (χ2v) is 5.77. The van der Waals surface area contributed by atoms with Crippen molar-refractivity contribution in [2.24, 2.45) is 5.92 Å². The SMILES string of the molecule is CCOC(=O)C1CCC(NC(=O)CC2CNCCO2)CC1. The zero-order valence-corrected chi connectivity index (χ0v) is 12.7. The zero-order chi connectivity index (χ0) is 15.1. The molecule has 120 valence electrons. The minimum atomic E-state index is -0.0936. The Balaban J connectivity index is 1.65. The van der Waals surface area contributed by atoms with E-state index in [-0.39, 0.29) is 29.9 Å². The summed E-state index contributed by atoms with van der Waals surface area (Å²) in [5, 5.41) is 6.28. The van der Waals surface area contributed by atoms with Crippen LogP contribution < -0.4 is 10.6 Å². The maximum atomic E-state index is 12.0. The average molecular weight is 298 g/mol. The van der Waals surface area contributed by atoms with E-state index < -0.39 is 0 Å². The van der Waals surface area contributed by atoms with Gasteiger partial charge in [-0.2, -0.15) is 0 Å². The van der Waals surface area contributed by atoms with Crippen LogP contribution in [0.25, 0.3) is 0 Å². The molecule has 0 aromatic heterocycles. The topological polar surface area (TPSA) is 76.7 Å². The number of hydrogen-bond donors (Lipinski definition) is 2. The molecule has 1 amide bonds. The summed E-state index contributed by atoms with van der Waals surface area (Å²) in [6, 6.07) is 0.180. The van der Waals surface area contributed by atoms with Crippen molar-refractivity contribution in [2.75, 3.05) is 26.3 Å². The summed E-state index contributed by atoms with van der Waals surface area (Å²) in [5.74, 6) is -0.0452. The van der Waals surface area contributed by atoms with E-state index in [4.69, 9.17) is 9.47 Å². The molecule has 2 fully saturated rings. The molecule has 1 unspecified atom stereocenters. The Hall–Kier alpha value is -1.14. The van der Waals surface area contributed by atoms with Crippen molar-refractivity contribution in [2.45, 2.75) is 51.2 Å². The third-order valence-electron chi connectivity index (χ3n) is 4.13. The highest BCUT2D eigenvalue weighted by Crippen LogP contribution is 2.25. The molecule has 6 heteroatoms. The Morgan fingerprint density at radius 2 is 2.05 bits per heavy atom. The molecule has 0 bridgehead atoms. The van der Waals surface area contributed by atoms with Gasteiger partial charge in [-0.1, -0.05) is 0 Å². The minimum absolute atomic E-state index is 0.00369. The monoisotopic (exact) mass is 298 g/mol. The van der Waals surface area contributed by atoms with E-state index >= 15 is 0 Å². The lowest BCUT2D eigenvalue weighted by Gasteiger charge is -2.29. The van der Waals surface area contributed by atoms with Crippen molar-refractivity contribution in [3.05, 3.63) is 0 Å². The fraction of sp³-hybridized carbons (Fsp3) is 0.867. The van der Waals surface area contributed by atoms with Gasteiger partial charge in [-0.3, -0.25) is 9.59 Å². The molecule has 2 aliphatic rings. The van der Waals surface area contributed by atoms with Crippen LogP contribution in [0, 0.1) is 5.92 Å². The van der Waals surface area contributed by atoms with Gasteiger partial charge >= 0.3 is 5.97 Å². The fourth-order valence-corrected chi connectivity index (χ4v) is 2.98. The van der Waals surface area contributed by atoms with Crippen molar-refractivity contribution >= 4 is 11.9 Å². The number of ether oxygens (including phenoxy) is 2. The molecule has 0 aromatic rings. The van der Waals surface area contributed by atoms with Crippen LogP contribution in [0.5, 0.6) is 0 Å². The normalized spacial score (nSPS) is 29.7. The molecule has 0 spiro atoms. The fourth-order valence-electron chi connectivity index (χ4n) is 2.98. The van der Waals surface area contributed by atoms with Crippen molar-refractivity contribution in [3.8, 4) is 0 Å². The molecular formula is C15H26N2O4. The van der Waals surface area contributed by atoms with E-state index in [1.54, 1.807) is 0 Å². The number of carbonyl (C=O) groups is 2. The summed E-state index contributed by atoms with van der Waals surface area (Å²) in [7, 11) is 0. The third-order valence-corrected chi connectivity index (χ3v) is 4.13. The number of nitrogens with one attached hydrogen (secondary N) is 2. The Morgan fingerprint density at radius 1 is 1.29 bits per heavy atom. The first-order valence-corrected chi connectivity index (χ1v) is 7.97. The van der Waals surface area contributed by atoms with E-state index in [9.17, 15) is 9.59 Å². The number of hydrogen-bond acceptors (Lipinski definition) is 5. The first kappa shape index (κ1) is 16.2. The molecular weight excluding hydrogens is 272 g/mol. The van der Waals surface area contributed by atoms with Gasteiger partial charge in [-0.15, -0.1) is 0 Å². The van der Waals surface area contributed by atoms with Crippen LogP contribution in [-0.2, 0) is 19.1 Å². The van der Waals surface area contributed by atoms with E-state index in [1.165, 1.54) is 0 Å². The van der Waals surface area contributed by atoms with Gasteiger partial charge in [0.1, 0.15) is 0 Å². The molecule has 2 N–H and O–H groups in total. The van der Waals surface area contributed by atoms with E-state index in [2.05, 4.69) is 10.6 Å². The lowest BCUT2D eigenvalue weighted by molar-refractivity contribution is -0.149. The standard InChI is InChI=1S/C15H26N2O4/c1-2-20-15(19)11-3-5-12(6-4-11)17-14(18)9-13-10-16-7-8-21-13/h11-13,16H,2-10H2,1H3,(H,17,18). The van der Waals surface area contributed by atoms with Crippen LogP contribution in [0.3, 0.4) is 0 Å². The molecule has 6 nitrogen and oxygen atoms in total. The largest absolute Gasteiger partial charge is 0.466 e. The van der Waals surface area contributed by atoms with Gasteiger partial charge < -0.3 is 20.1 Å². The Bertz CT molecular complexity index is 348. The number of esters is 1. The van der Waals surface area contributed by atoms with Crippen LogP contribution in [0.1, 0.15) is 39.0 Å². The summed E-state index contributed by atoms with van der Waals surface area (Å²) < 4.78 is 10.6. The molecule has 21 heavy (non-hydrogen) atoms. The molecule has 1 aliphatic heterocycles. The molecule has 1 heterocycles. The number of amides is 1. The summed E-state index contributed by atoms with van der Waals surface area (Å²) in [6.45, 7) is 4.53. The second kappa shape index (κ2) is 8.34. The Labute approximate surface area is 125 Å².